The zero-order valence-corrected chi connectivity index (χ0v) is 9.21. The molecule has 0 amide bonds. The summed E-state index contributed by atoms with van der Waals surface area (Å²) in [4.78, 5) is 0. The maximum Gasteiger partial charge on any atom is 0.0205 e. The van der Waals surface area contributed by atoms with E-state index in [0.29, 0.717) is 0 Å². The SMILES string of the molecule is C=Cc1cccc(CNCCCCN)c1. The highest BCUT2D eigenvalue weighted by Crippen LogP contribution is 2.05. The molecule has 0 aliphatic carbocycles. The van der Waals surface area contributed by atoms with Gasteiger partial charge in [0.15, 0.2) is 0 Å². The minimum atomic E-state index is 0.785. The van der Waals surface area contributed by atoms with Crippen LogP contribution in [0.5, 0.6) is 0 Å². The predicted octanol–water partition coefficient (Wildman–Crippen LogP) is 2.16. The molecule has 0 spiro atoms. The molecule has 1 aromatic rings. The zero-order valence-electron chi connectivity index (χ0n) is 9.21. The molecule has 0 aromatic heterocycles. The summed E-state index contributed by atoms with van der Waals surface area (Å²) in [5, 5.41) is 3.40. The van der Waals surface area contributed by atoms with E-state index in [-0.39, 0.29) is 0 Å². The van der Waals surface area contributed by atoms with Gasteiger partial charge in [0.2, 0.25) is 0 Å². The predicted molar refractivity (Wildman–Crippen MR) is 66.5 cm³/mol. The van der Waals surface area contributed by atoms with Crippen LogP contribution in [0.2, 0.25) is 0 Å². The molecule has 0 saturated carbocycles. The van der Waals surface area contributed by atoms with Crippen LogP contribution in [0.25, 0.3) is 6.08 Å². The van der Waals surface area contributed by atoms with Crippen LogP contribution in [-0.2, 0) is 6.54 Å². The second-order valence-corrected chi connectivity index (χ2v) is 3.62. The molecule has 0 saturated heterocycles. The van der Waals surface area contributed by atoms with Crippen LogP contribution in [-0.4, -0.2) is 13.1 Å². The van der Waals surface area contributed by atoms with E-state index in [0.717, 1.165) is 32.5 Å². The fraction of sp³-hybridized carbons (Fsp3) is 0.385. The van der Waals surface area contributed by atoms with Gasteiger partial charge in [-0.3, -0.25) is 0 Å². The lowest BCUT2D eigenvalue weighted by Gasteiger charge is -2.05. The average molecular weight is 204 g/mol. The van der Waals surface area contributed by atoms with Gasteiger partial charge in [-0.25, -0.2) is 0 Å². The molecule has 0 aliphatic heterocycles. The molecule has 2 heteroatoms. The summed E-state index contributed by atoms with van der Waals surface area (Å²) in [6.07, 6.45) is 4.12. The Bertz CT molecular complexity index is 294. The molecule has 3 N–H and O–H groups in total. The summed E-state index contributed by atoms with van der Waals surface area (Å²) in [5.74, 6) is 0. The molecule has 15 heavy (non-hydrogen) atoms. The van der Waals surface area contributed by atoms with Crippen LogP contribution in [0.3, 0.4) is 0 Å². The van der Waals surface area contributed by atoms with Gasteiger partial charge < -0.3 is 11.1 Å². The monoisotopic (exact) mass is 204 g/mol. The summed E-state index contributed by atoms with van der Waals surface area (Å²) in [5.41, 5.74) is 7.90. The molecular weight excluding hydrogens is 184 g/mol. The summed E-state index contributed by atoms with van der Waals surface area (Å²) in [7, 11) is 0. The van der Waals surface area contributed by atoms with Crippen molar-refractivity contribution in [3.8, 4) is 0 Å². The van der Waals surface area contributed by atoms with E-state index < -0.39 is 0 Å². The van der Waals surface area contributed by atoms with E-state index in [2.05, 4.69) is 36.2 Å². The minimum absolute atomic E-state index is 0.785. The normalized spacial score (nSPS) is 10.2. The summed E-state index contributed by atoms with van der Waals surface area (Å²) < 4.78 is 0. The largest absolute Gasteiger partial charge is 0.330 e. The second kappa shape index (κ2) is 7.21. The molecular formula is C13H20N2. The van der Waals surface area contributed by atoms with Crippen LogP contribution in [0.15, 0.2) is 30.8 Å². The van der Waals surface area contributed by atoms with Crippen LogP contribution < -0.4 is 11.1 Å². The van der Waals surface area contributed by atoms with E-state index in [1.54, 1.807) is 0 Å². The van der Waals surface area contributed by atoms with Crippen molar-refractivity contribution in [1.29, 1.82) is 0 Å². The Hall–Kier alpha value is -1.12. The van der Waals surface area contributed by atoms with Crippen molar-refractivity contribution in [2.75, 3.05) is 13.1 Å². The van der Waals surface area contributed by atoms with E-state index in [1.807, 2.05) is 6.08 Å². The molecule has 82 valence electrons. The average Bonchev–Trinajstić information content (AvgIpc) is 2.29. The van der Waals surface area contributed by atoms with Crippen LogP contribution in [0, 0.1) is 0 Å². The van der Waals surface area contributed by atoms with E-state index >= 15 is 0 Å². The van der Waals surface area contributed by atoms with Gasteiger partial charge in [-0.05, 0) is 37.1 Å². The maximum atomic E-state index is 5.42. The van der Waals surface area contributed by atoms with Crippen LogP contribution in [0.4, 0.5) is 0 Å². The molecule has 1 rings (SSSR count). The number of nitrogens with two attached hydrogens (primary N) is 1. The number of nitrogens with one attached hydrogen (secondary N) is 1. The van der Waals surface area contributed by atoms with E-state index in [4.69, 9.17) is 5.73 Å². The fourth-order valence-corrected chi connectivity index (χ4v) is 1.46. The van der Waals surface area contributed by atoms with Gasteiger partial charge in [-0.1, -0.05) is 36.9 Å². The van der Waals surface area contributed by atoms with Gasteiger partial charge in [-0.2, -0.15) is 0 Å². The van der Waals surface area contributed by atoms with E-state index in [1.165, 1.54) is 11.1 Å². The van der Waals surface area contributed by atoms with Crippen LogP contribution >= 0.6 is 0 Å². The first-order chi connectivity index (χ1) is 7.36. The Morgan fingerprint density at radius 1 is 1.33 bits per heavy atom. The first-order valence-electron chi connectivity index (χ1n) is 5.49. The number of unbranched alkanes of at least 4 members (excludes halogenated alkanes) is 1. The molecule has 1 aromatic carbocycles. The van der Waals surface area contributed by atoms with Gasteiger partial charge >= 0.3 is 0 Å². The lowest BCUT2D eigenvalue weighted by molar-refractivity contribution is 0.627. The topological polar surface area (TPSA) is 38.0 Å². The fourth-order valence-electron chi connectivity index (χ4n) is 1.46. The Kier molecular flexibility index (Phi) is 5.74. The van der Waals surface area contributed by atoms with Gasteiger partial charge in [-0.15, -0.1) is 0 Å². The standard InChI is InChI=1S/C13H20N2/c1-2-12-6-5-7-13(10-12)11-15-9-4-3-8-14/h2,5-7,10,15H,1,3-4,8-9,11,14H2. The molecule has 0 radical (unpaired) electrons. The quantitative estimate of drug-likeness (QED) is 0.668. The highest BCUT2D eigenvalue weighted by Gasteiger charge is 1.93. The molecule has 0 fully saturated rings. The Morgan fingerprint density at radius 3 is 2.93 bits per heavy atom. The number of hydrogen-bond acceptors (Lipinski definition) is 2. The molecule has 0 aliphatic rings. The Labute approximate surface area is 92.2 Å². The second-order valence-electron chi connectivity index (χ2n) is 3.62. The third-order valence-electron chi connectivity index (χ3n) is 2.32. The third-order valence-corrected chi connectivity index (χ3v) is 2.32. The Balaban J connectivity index is 2.27. The first kappa shape index (κ1) is 12.0. The smallest absolute Gasteiger partial charge is 0.0205 e. The van der Waals surface area contributed by atoms with Crippen molar-refractivity contribution in [2.45, 2.75) is 19.4 Å². The summed E-state index contributed by atoms with van der Waals surface area (Å²) in [6, 6.07) is 8.41. The molecule has 0 atom stereocenters. The highest BCUT2D eigenvalue weighted by molar-refractivity contribution is 5.47. The number of hydrogen-bond donors (Lipinski definition) is 2. The van der Waals surface area contributed by atoms with Crippen molar-refractivity contribution in [3.63, 3.8) is 0 Å². The van der Waals surface area contributed by atoms with Crippen molar-refractivity contribution in [2.24, 2.45) is 5.73 Å². The Morgan fingerprint density at radius 2 is 2.20 bits per heavy atom. The molecule has 0 unspecified atom stereocenters. The molecule has 0 bridgehead atoms. The molecule has 2 nitrogen and oxygen atoms in total. The first-order valence-corrected chi connectivity index (χ1v) is 5.49. The van der Waals surface area contributed by atoms with Gasteiger partial charge in [0.25, 0.3) is 0 Å². The van der Waals surface area contributed by atoms with Crippen molar-refractivity contribution in [3.05, 3.63) is 42.0 Å². The zero-order chi connectivity index (χ0) is 10.9. The number of benzene rings is 1. The van der Waals surface area contributed by atoms with Gasteiger partial charge in [0.1, 0.15) is 0 Å². The number of rotatable bonds is 7. The van der Waals surface area contributed by atoms with Gasteiger partial charge in [0, 0.05) is 6.54 Å². The highest BCUT2D eigenvalue weighted by atomic mass is 14.8. The lowest BCUT2D eigenvalue weighted by atomic mass is 10.1. The van der Waals surface area contributed by atoms with Gasteiger partial charge in [0.05, 0.1) is 0 Å². The maximum absolute atomic E-state index is 5.42. The minimum Gasteiger partial charge on any atom is -0.330 e. The summed E-state index contributed by atoms with van der Waals surface area (Å²) in [6.45, 7) is 6.50. The van der Waals surface area contributed by atoms with E-state index in [9.17, 15) is 0 Å². The van der Waals surface area contributed by atoms with Crippen molar-refractivity contribution >= 4 is 6.08 Å². The summed E-state index contributed by atoms with van der Waals surface area (Å²) >= 11 is 0. The van der Waals surface area contributed by atoms with Crippen LogP contribution in [0.1, 0.15) is 24.0 Å². The van der Waals surface area contributed by atoms with Crippen molar-refractivity contribution in [1.82, 2.24) is 5.32 Å². The third kappa shape index (κ3) is 4.77. The lowest BCUT2D eigenvalue weighted by Crippen LogP contribution is -2.15. The van der Waals surface area contributed by atoms with Crippen molar-refractivity contribution < 1.29 is 0 Å². The molecule has 0 heterocycles.